The molecular formula is C20H39N7O5S. The number of nitrogens with zero attached hydrogens (tertiary/aromatic N) is 1. The topological polar surface area (TPSA) is 215 Å². The van der Waals surface area contributed by atoms with Crippen molar-refractivity contribution in [3.63, 3.8) is 0 Å². The fourth-order valence-corrected chi connectivity index (χ4v) is 3.01. The second-order valence-electron chi connectivity index (χ2n) is 8.24. The van der Waals surface area contributed by atoms with Gasteiger partial charge >= 0.3 is 5.97 Å². The predicted molar refractivity (Wildman–Crippen MR) is 129 cm³/mol. The van der Waals surface area contributed by atoms with Crippen LogP contribution in [-0.2, 0) is 19.2 Å². The Balaban J connectivity index is 5.36. The van der Waals surface area contributed by atoms with Crippen molar-refractivity contribution in [1.82, 2.24) is 16.0 Å². The van der Waals surface area contributed by atoms with Gasteiger partial charge in [0, 0.05) is 12.3 Å². The van der Waals surface area contributed by atoms with E-state index in [0.29, 0.717) is 12.8 Å². The molecule has 0 spiro atoms. The van der Waals surface area contributed by atoms with E-state index in [1.54, 1.807) is 20.8 Å². The Morgan fingerprint density at radius 2 is 1.52 bits per heavy atom. The SMILES string of the molecule is CCC(C)C(NC(=O)C(N)CS)C(=O)NC(C(=O)NC(CCCN=C(N)N)C(=O)O)C(C)C. The predicted octanol–water partition coefficient (Wildman–Crippen LogP) is -1.46. The Bertz CT molecular complexity index is 700. The van der Waals surface area contributed by atoms with Crippen LogP contribution in [0.2, 0.25) is 0 Å². The molecule has 190 valence electrons. The molecule has 0 aliphatic rings. The van der Waals surface area contributed by atoms with Crippen molar-refractivity contribution in [1.29, 1.82) is 0 Å². The molecule has 0 aromatic heterocycles. The molecule has 0 saturated carbocycles. The highest BCUT2D eigenvalue weighted by Crippen LogP contribution is 2.11. The quantitative estimate of drug-likeness (QED) is 0.0587. The molecule has 0 heterocycles. The number of thiol groups is 1. The van der Waals surface area contributed by atoms with Gasteiger partial charge in [0.1, 0.15) is 18.1 Å². The van der Waals surface area contributed by atoms with Crippen LogP contribution in [0.15, 0.2) is 4.99 Å². The van der Waals surface area contributed by atoms with Crippen molar-refractivity contribution in [2.45, 2.75) is 71.1 Å². The van der Waals surface area contributed by atoms with Crippen molar-refractivity contribution in [3.05, 3.63) is 0 Å². The van der Waals surface area contributed by atoms with Gasteiger partial charge in [0.2, 0.25) is 17.7 Å². The number of carbonyl (C=O) groups excluding carboxylic acids is 3. The van der Waals surface area contributed by atoms with Gasteiger partial charge in [-0.15, -0.1) is 0 Å². The van der Waals surface area contributed by atoms with Crippen molar-refractivity contribution in [2.24, 2.45) is 34.0 Å². The Morgan fingerprint density at radius 1 is 0.970 bits per heavy atom. The Kier molecular flexibility index (Phi) is 14.1. The summed E-state index contributed by atoms with van der Waals surface area (Å²) in [4.78, 5) is 53.4. The number of nitrogens with one attached hydrogen (secondary N) is 3. The van der Waals surface area contributed by atoms with Crippen LogP contribution in [0.1, 0.15) is 47.0 Å². The fraction of sp³-hybridized carbons (Fsp3) is 0.750. The average molecular weight is 490 g/mol. The van der Waals surface area contributed by atoms with Crippen LogP contribution in [0.3, 0.4) is 0 Å². The molecule has 0 aliphatic carbocycles. The number of carboxylic acids is 1. The zero-order valence-corrected chi connectivity index (χ0v) is 20.6. The van der Waals surface area contributed by atoms with Crippen LogP contribution >= 0.6 is 12.6 Å². The number of aliphatic imine (C=N–C) groups is 1. The molecule has 10 N–H and O–H groups in total. The van der Waals surface area contributed by atoms with E-state index in [0.717, 1.165) is 0 Å². The minimum Gasteiger partial charge on any atom is -0.480 e. The monoisotopic (exact) mass is 489 g/mol. The molecule has 33 heavy (non-hydrogen) atoms. The maximum Gasteiger partial charge on any atom is 0.326 e. The van der Waals surface area contributed by atoms with E-state index in [-0.39, 0.29) is 36.5 Å². The van der Waals surface area contributed by atoms with Crippen molar-refractivity contribution in [3.8, 4) is 0 Å². The Morgan fingerprint density at radius 3 is 1.97 bits per heavy atom. The van der Waals surface area contributed by atoms with Gasteiger partial charge in [-0.3, -0.25) is 19.4 Å². The summed E-state index contributed by atoms with van der Waals surface area (Å²) < 4.78 is 0. The van der Waals surface area contributed by atoms with Crippen LogP contribution in [0, 0.1) is 11.8 Å². The highest BCUT2D eigenvalue weighted by molar-refractivity contribution is 7.80. The smallest absolute Gasteiger partial charge is 0.326 e. The lowest BCUT2D eigenvalue weighted by Gasteiger charge is -2.29. The van der Waals surface area contributed by atoms with Crippen LogP contribution in [-0.4, -0.2) is 71.2 Å². The molecule has 0 fully saturated rings. The minimum atomic E-state index is -1.22. The molecule has 13 heteroatoms. The first-order chi connectivity index (χ1) is 15.3. The second kappa shape index (κ2) is 15.3. The number of carbonyl (C=O) groups is 4. The number of rotatable bonds is 15. The van der Waals surface area contributed by atoms with Gasteiger partial charge in [-0.05, 0) is 24.7 Å². The second-order valence-corrected chi connectivity index (χ2v) is 8.60. The standard InChI is InChI=1S/C20H39N7O5S/c1-5-11(4)15(27-16(28)12(21)9-33)18(30)26-14(10(2)3)17(29)25-13(19(31)32)7-6-8-24-20(22)23/h10-15,33H,5-9,21H2,1-4H3,(H,25,29)(H,26,30)(H,27,28)(H,31,32)(H4,22,23,24). The van der Waals surface area contributed by atoms with Gasteiger partial charge in [0.05, 0.1) is 6.04 Å². The summed E-state index contributed by atoms with van der Waals surface area (Å²) in [6.45, 7) is 7.30. The molecule has 5 atom stereocenters. The molecule has 0 aliphatic heterocycles. The molecule has 0 radical (unpaired) electrons. The first-order valence-electron chi connectivity index (χ1n) is 10.9. The summed E-state index contributed by atoms with van der Waals surface area (Å²) in [6, 6.07) is -3.99. The van der Waals surface area contributed by atoms with Crippen LogP contribution in [0.4, 0.5) is 0 Å². The third-order valence-corrected chi connectivity index (χ3v) is 5.53. The van der Waals surface area contributed by atoms with E-state index in [1.807, 2.05) is 6.92 Å². The first-order valence-corrected chi connectivity index (χ1v) is 11.5. The van der Waals surface area contributed by atoms with E-state index in [9.17, 15) is 24.3 Å². The summed E-state index contributed by atoms with van der Waals surface area (Å²) in [5, 5.41) is 17.2. The summed E-state index contributed by atoms with van der Waals surface area (Å²) in [7, 11) is 0. The van der Waals surface area contributed by atoms with Gasteiger partial charge in [-0.25, -0.2) is 4.79 Å². The lowest BCUT2D eigenvalue weighted by molar-refractivity contribution is -0.143. The first kappa shape index (κ1) is 30.5. The molecule has 0 saturated heterocycles. The number of amides is 3. The summed E-state index contributed by atoms with van der Waals surface area (Å²) in [6.07, 6.45) is 1.02. The zero-order valence-electron chi connectivity index (χ0n) is 19.7. The maximum absolute atomic E-state index is 13.0. The van der Waals surface area contributed by atoms with Gasteiger partial charge in [-0.1, -0.05) is 34.1 Å². The third kappa shape index (κ3) is 11.2. The summed E-state index contributed by atoms with van der Waals surface area (Å²) >= 11 is 3.99. The van der Waals surface area contributed by atoms with E-state index >= 15 is 0 Å². The number of hydrogen-bond acceptors (Lipinski definition) is 7. The summed E-state index contributed by atoms with van der Waals surface area (Å²) in [5.74, 6) is -3.53. The molecule has 5 unspecified atom stereocenters. The minimum absolute atomic E-state index is 0.101. The number of aliphatic carboxylic acids is 1. The molecule has 0 aromatic carbocycles. The van der Waals surface area contributed by atoms with Gasteiger partial charge < -0.3 is 38.3 Å². The highest BCUT2D eigenvalue weighted by atomic mass is 32.1. The van der Waals surface area contributed by atoms with Gasteiger partial charge in [-0.2, -0.15) is 12.6 Å². The molecule has 12 nitrogen and oxygen atoms in total. The highest BCUT2D eigenvalue weighted by Gasteiger charge is 2.33. The fourth-order valence-electron chi connectivity index (χ4n) is 2.85. The number of guanidine groups is 1. The van der Waals surface area contributed by atoms with Crippen LogP contribution < -0.4 is 33.2 Å². The normalized spacial score (nSPS) is 15.5. The van der Waals surface area contributed by atoms with Gasteiger partial charge in [0.15, 0.2) is 5.96 Å². The molecule has 0 aromatic rings. The maximum atomic E-state index is 13.0. The summed E-state index contributed by atoms with van der Waals surface area (Å²) in [5.41, 5.74) is 16.2. The van der Waals surface area contributed by atoms with E-state index in [2.05, 4.69) is 33.6 Å². The largest absolute Gasteiger partial charge is 0.480 e. The Labute approximate surface area is 200 Å². The molecule has 0 bridgehead atoms. The number of hydrogen-bond donors (Lipinski definition) is 8. The number of nitrogens with two attached hydrogens (primary N) is 3. The molecule has 3 amide bonds. The van der Waals surface area contributed by atoms with Crippen molar-refractivity contribution >= 4 is 42.3 Å². The lowest BCUT2D eigenvalue weighted by atomic mass is 9.96. The van der Waals surface area contributed by atoms with Crippen molar-refractivity contribution in [2.75, 3.05) is 12.3 Å². The van der Waals surface area contributed by atoms with E-state index in [1.165, 1.54) is 0 Å². The lowest BCUT2D eigenvalue weighted by Crippen LogP contribution is -2.59. The van der Waals surface area contributed by atoms with Crippen LogP contribution in [0.5, 0.6) is 0 Å². The average Bonchev–Trinajstić information content (AvgIpc) is 2.75. The zero-order chi connectivity index (χ0) is 25.7. The van der Waals surface area contributed by atoms with E-state index < -0.39 is 47.9 Å². The van der Waals surface area contributed by atoms with Crippen molar-refractivity contribution < 1.29 is 24.3 Å². The third-order valence-electron chi connectivity index (χ3n) is 5.13. The molecular weight excluding hydrogens is 450 g/mol. The van der Waals surface area contributed by atoms with Gasteiger partial charge in [0.25, 0.3) is 0 Å². The Hall–Kier alpha value is -2.54. The van der Waals surface area contributed by atoms with Crippen LogP contribution in [0.25, 0.3) is 0 Å². The molecule has 0 rings (SSSR count). The number of carboxylic acid groups (broad SMARTS) is 1. The van der Waals surface area contributed by atoms with E-state index in [4.69, 9.17) is 17.2 Å².